The van der Waals surface area contributed by atoms with Crippen molar-refractivity contribution in [1.82, 2.24) is 10.0 Å². The number of rotatable bonds is 3. The predicted octanol–water partition coefficient (Wildman–Crippen LogP) is 0.913. The first-order valence-electron chi connectivity index (χ1n) is 5.88. The highest BCUT2D eigenvalue weighted by Gasteiger charge is 2.54. The summed E-state index contributed by atoms with van der Waals surface area (Å²) in [6.07, 6.45) is 0. The Morgan fingerprint density at radius 2 is 1.72 bits per heavy atom. The van der Waals surface area contributed by atoms with Crippen LogP contribution in [0.2, 0.25) is 0 Å². The van der Waals surface area contributed by atoms with Crippen LogP contribution in [0.25, 0.3) is 0 Å². The largest absolute Gasteiger partial charge is 0.316 e. The maximum Gasteiger partial charge on any atom is 0.240 e. The molecule has 2 unspecified atom stereocenters. The molecule has 1 aromatic carbocycles. The van der Waals surface area contributed by atoms with E-state index >= 15 is 0 Å². The van der Waals surface area contributed by atoms with Gasteiger partial charge in [0, 0.05) is 6.04 Å². The number of hydrogen-bond acceptors (Lipinski definition) is 3. The van der Waals surface area contributed by atoms with Crippen molar-refractivity contribution in [2.75, 3.05) is 13.1 Å². The number of piperidine rings is 1. The number of nitrogens with one attached hydrogen (secondary N) is 2. The van der Waals surface area contributed by atoms with Crippen molar-refractivity contribution in [1.29, 1.82) is 0 Å². The average molecular weight is 289 g/mol. The van der Waals surface area contributed by atoms with Crippen molar-refractivity contribution in [3.63, 3.8) is 0 Å². The molecule has 1 saturated heterocycles. The van der Waals surface area contributed by atoms with E-state index in [1.165, 1.54) is 0 Å². The van der Waals surface area contributed by atoms with Crippen LogP contribution in [0, 0.1) is 18.8 Å². The summed E-state index contributed by atoms with van der Waals surface area (Å²) in [4.78, 5) is 0.362. The number of fused-ring (bicyclic) bond motifs is 1. The van der Waals surface area contributed by atoms with Crippen LogP contribution in [-0.2, 0) is 10.0 Å². The molecule has 18 heavy (non-hydrogen) atoms. The van der Waals surface area contributed by atoms with Gasteiger partial charge in [0.05, 0.1) is 4.90 Å². The van der Waals surface area contributed by atoms with E-state index in [-0.39, 0.29) is 18.4 Å². The standard InChI is InChI=1S/C12H16N2O2S.ClH/c1-8-2-4-9(5-3-8)17(15,16)14-12-10-6-13-7-11(10)12;/h2-5,10-14H,6-7H2,1H3;1H. The molecule has 0 aromatic heterocycles. The van der Waals surface area contributed by atoms with E-state index in [9.17, 15) is 8.42 Å². The van der Waals surface area contributed by atoms with Crippen LogP contribution in [0.1, 0.15) is 5.56 Å². The van der Waals surface area contributed by atoms with E-state index in [2.05, 4.69) is 10.0 Å². The van der Waals surface area contributed by atoms with Crippen LogP contribution in [0.3, 0.4) is 0 Å². The molecule has 2 atom stereocenters. The lowest BCUT2D eigenvalue weighted by Gasteiger charge is -2.09. The zero-order valence-electron chi connectivity index (χ0n) is 10.1. The summed E-state index contributed by atoms with van der Waals surface area (Å²) in [5.41, 5.74) is 1.07. The Hall–Kier alpha value is -0.620. The van der Waals surface area contributed by atoms with Gasteiger partial charge in [-0.3, -0.25) is 0 Å². The lowest BCUT2D eigenvalue weighted by atomic mass is 10.2. The molecule has 1 aliphatic carbocycles. The summed E-state index contributed by atoms with van der Waals surface area (Å²) in [5, 5.41) is 3.25. The van der Waals surface area contributed by atoms with Gasteiger partial charge in [-0.15, -0.1) is 12.4 Å². The molecule has 2 N–H and O–H groups in total. The summed E-state index contributed by atoms with van der Waals surface area (Å²) in [7, 11) is -3.33. The molecule has 6 heteroatoms. The first-order chi connectivity index (χ1) is 8.08. The molecule has 100 valence electrons. The molecule has 0 amide bonds. The van der Waals surface area contributed by atoms with Gasteiger partial charge in [0.25, 0.3) is 0 Å². The third kappa shape index (κ3) is 2.40. The summed E-state index contributed by atoms with van der Waals surface area (Å²) in [6.45, 7) is 3.82. The minimum absolute atomic E-state index is 0. The Morgan fingerprint density at radius 3 is 2.28 bits per heavy atom. The molecule has 1 aliphatic heterocycles. The molecule has 1 aromatic rings. The van der Waals surface area contributed by atoms with Crippen LogP contribution in [0.5, 0.6) is 0 Å². The van der Waals surface area contributed by atoms with Gasteiger partial charge in [0.15, 0.2) is 0 Å². The smallest absolute Gasteiger partial charge is 0.240 e. The van der Waals surface area contributed by atoms with Gasteiger partial charge < -0.3 is 5.32 Å². The number of hydrogen-bond donors (Lipinski definition) is 2. The molecule has 0 spiro atoms. The number of halogens is 1. The van der Waals surface area contributed by atoms with Gasteiger partial charge in [-0.25, -0.2) is 13.1 Å². The van der Waals surface area contributed by atoms with Gasteiger partial charge in [-0.05, 0) is 44.0 Å². The van der Waals surface area contributed by atoms with E-state index in [0.29, 0.717) is 16.7 Å². The first-order valence-corrected chi connectivity index (χ1v) is 7.36. The molecular formula is C12H17ClN2O2S. The van der Waals surface area contributed by atoms with Crippen molar-refractivity contribution in [2.45, 2.75) is 17.9 Å². The van der Waals surface area contributed by atoms with Gasteiger partial charge in [0.1, 0.15) is 0 Å². The summed E-state index contributed by atoms with van der Waals surface area (Å²) in [6, 6.07) is 7.11. The Labute approximate surface area is 114 Å². The highest BCUT2D eigenvalue weighted by Crippen LogP contribution is 2.42. The predicted molar refractivity (Wildman–Crippen MR) is 72.4 cm³/mol. The zero-order chi connectivity index (χ0) is 12.0. The van der Waals surface area contributed by atoms with E-state index in [1.54, 1.807) is 12.1 Å². The Bertz CT molecular complexity index is 520. The monoisotopic (exact) mass is 288 g/mol. The molecule has 4 nitrogen and oxygen atoms in total. The first kappa shape index (κ1) is 13.8. The van der Waals surface area contributed by atoms with Crippen molar-refractivity contribution < 1.29 is 8.42 Å². The fourth-order valence-corrected chi connectivity index (χ4v) is 3.90. The van der Waals surface area contributed by atoms with Crippen molar-refractivity contribution in [3.05, 3.63) is 29.8 Å². The molecule has 3 rings (SSSR count). The molecule has 1 heterocycles. The molecule has 0 radical (unpaired) electrons. The molecule has 2 fully saturated rings. The maximum absolute atomic E-state index is 12.1. The van der Waals surface area contributed by atoms with E-state index in [4.69, 9.17) is 0 Å². The topological polar surface area (TPSA) is 58.2 Å². The highest BCUT2D eigenvalue weighted by atomic mass is 35.5. The summed E-state index contributed by atoms with van der Waals surface area (Å²) < 4.78 is 27.0. The van der Waals surface area contributed by atoms with Gasteiger partial charge in [0.2, 0.25) is 10.0 Å². The fourth-order valence-electron chi connectivity index (χ4n) is 2.56. The summed E-state index contributed by atoms with van der Waals surface area (Å²) in [5.74, 6) is 0.991. The van der Waals surface area contributed by atoms with Crippen LogP contribution in [0.15, 0.2) is 29.2 Å². The second-order valence-corrected chi connectivity index (χ2v) is 6.66. The maximum atomic E-state index is 12.1. The van der Waals surface area contributed by atoms with Gasteiger partial charge in [-0.1, -0.05) is 17.7 Å². The van der Waals surface area contributed by atoms with Gasteiger partial charge >= 0.3 is 0 Å². The second-order valence-electron chi connectivity index (χ2n) is 4.95. The van der Waals surface area contributed by atoms with Crippen LogP contribution in [-0.4, -0.2) is 27.5 Å². The minimum Gasteiger partial charge on any atom is -0.316 e. The van der Waals surface area contributed by atoms with Crippen molar-refractivity contribution >= 4 is 22.4 Å². The number of benzene rings is 1. The SMILES string of the molecule is Cc1ccc(S(=O)(=O)NC2C3CNCC32)cc1.Cl. The molecular weight excluding hydrogens is 272 g/mol. The van der Waals surface area contributed by atoms with E-state index < -0.39 is 10.0 Å². The number of sulfonamides is 1. The zero-order valence-corrected chi connectivity index (χ0v) is 11.7. The fraction of sp³-hybridized carbons (Fsp3) is 0.500. The molecule has 1 saturated carbocycles. The minimum atomic E-state index is -3.33. The Balaban J connectivity index is 0.00000120. The Morgan fingerprint density at radius 1 is 1.17 bits per heavy atom. The van der Waals surface area contributed by atoms with Crippen molar-refractivity contribution in [3.8, 4) is 0 Å². The van der Waals surface area contributed by atoms with Crippen LogP contribution < -0.4 is 10.0 Å². The lowest BCUT2D eigenvalue weighted by molar-refractivity contribution is 0.565. The quantitative estimate of drug-likeness (QED) is 0.869. The molecule has 0 bridgehead atoms. The molecule has 2 aliphatic rings. The van der Waals surface area contributed by atoms with Gasteiger partial charge in [-0.2, -0.15) is 0 Å². The van der Waals surface area contributed by atoms with E-state index in [0.717, 1.165) is 18.7 Å². The van der Waals surface area contributed by atoms with E-state index in [1.807, 2.05) is 19.1 Å². The second kappa shape index (κ2) is 4.81. The van der Waals surface area contributed by atoms with Crippen LogP contribution in [0.4, 0.5) is 0 Å². The van der Waals surface area contributed by atoms with Crippen LogP contribution >= 0.6 is 12.4 Å². The highest BCUT2D eigenvalue weighted by molar-refractivity contribution is 7.89. The number of aryl methyl sites for hydroxylation is 1. The Kier molecular flexibility index (Phi) is 3.69. The van der Waals surface area contributed by atoms with Crippen molar-refractivity contribution in [2.24, 2.45) is 11.8 Å². The summed E-state index contributed by atoms with van der Waals surface area (Å²) >= 11 is 0. The normalized spacial score (nSPS) is 29.5. The average Bonchev–Trinajstić information content (AvgIpc) is 2.75. The third-order valence-corrected chi connectivity index (χ3v) is 5.19. The lowest BCUT2D eigenvalue weighted by Crippen LogP contribution is -2.32. The third-order valence-electron chi connectivity index (χ3n) is 3.71.